The molecule has 0 unspecified atom stereocenters. The van der Waals surface area contributed by atoms with E-state index in [1.807, 2.05) is 18.2 Å². The number of benzene rings is 1. The second-order valence-corrected chi connectivity index (χ2v) is 8.69. The molecule has 2 aliphatic rings. The number of carbonyl (C=O) groups excluding carboxylic acids is 2. The Morgan fingerprint density at radius 3 is 2.77 bits per heavy atom. The highest BCUT2D eigenvalue weighted by Crippen LogP contribution is 2.52. The first-order valence-electron chi connectivity index (χ1n) is 10.8. The number of aldehydes is 1. The molecule has 2 aliphatic carbocycles. The molecule has 1 saturated carbocycles. The number of allylic oxidation sites excluding steroid dienone is 3. The topological polar surface area (TPSA) is 52.6 Å². The Kier molecular flexibility index (Phi) is 7.43. The van der Waals surface area contributed by atoms with E-state index >= 15 is 0 Å². The molecule has 0 aliphatic heterocycles. The van der Waals surface area contributed by atoms with Gasteiger partial charge in [-0.15, -0.1) is 0 Å². The van der Waals surface area contributed by atoms with Crippen molar-refractivity contribution < 1.29 is 19.1 Å². The van der Waals surface area contributed by atoms with Gasteiger partial charge in [-0.05, 0) is 42.1 Å². The van der Waals surface area contributed by atoms with Gasteiger partial charge in [0, 0.05) is 5.57 Å². The molecule has 0 aromatic heterocycles. The number of ether oxygens (including phenoxy) is 2. The largest absolute Gasteiger partial charge is 0.457 e. The monoisotopic (exact) mass is 408 g/mol. The molecule has 30 heavy (non-hydrogen) atoms. The second-order valence-electron chi connectivity index (χ2n) is 8.69. The normalized spacial score (nSPS) is 30.9. The molecule has 1 aromatic rings. The summed E-state index contributed by atoms with van der Waals surface area (Å²) in [6.07, 6.45) is 10.4. The Balaban J connectivity index is 1.69. The molecular formula is C26H32O4. The Labute approximate surface area is 179 Å². The van der Waals surface area contributed by atoms with Gasteiger partial charge < -0.3 is 9.47 Å². The van der Waals surface area contributed by atoms with Gasteiger partial charge in [0.25, 0.3) is 0 Å². The van der Waals surface area contributed by atoms with Gasteiger partial charge in [-0.3, -0.25) is 9.59 Å². The van der Waals surface area contributed by atoms with Crippen LogP contribution in [0.2, 0.25) is 0 Å². The van der Waals surface area contributed by atoms with E-state index in [1.165, 1.54) is 5.56 Å². The van der Waals surface area contributed by atoms with Gasteiger partial charge in [0.05, 0.1) is 19.1 Å². The van der Waals surface area contributed by atoms with E-state index in [4.69, 9.17) is 9.47 Å². The molecule has 0 radical (unpaired) electrons. The molecule has 0 N–H and O–H groups in total. The van der Waals surface area contributed by atoms with Gasteiger partial charge in [-0.2, -0.15) is 0 Å². The maximum absolute atomic E-state index is 12.2. The zero-order chi connectivity index (χ0) is 21.6. The molecule has 1 aromatic carbocycles. The lowest BCUT2D eigenvalue weighted by molar-refractivity contribution is -0.150. The number of esters is 1. The summed E-state index contributed by atoms with van der Waals surface area (Å²) in [5.74, 6) is 0.269. The first-order chi connectivity index (χ1) is 14.5. The van der Waals surface area contributed by atoms with E-state index in [2.05, 4.69) is 38.6 Å². The van der Waals surface area contributed by atoms with E-state index in [0.717, 1.165) is 19.1 Å². The van der Waals surface area contributed by atoms with Crippen molar-refractivity contribution in [2.75, 3.05) is 0 Å². The molecule has 1 fully saturated rings. The number of rotatable bonds is 8. The zero-order valence-corrected chi connectivity index (χ0v) is 18.0. The predicted molar refractivity (Wildman–Crippen MR) is 118 cm³/mol. The van der Waals surface area contributed by atoms with E-state index < -0.39 is 6.10 Å². The number of hydrogen-bond donors (Lipinski definition) is 0. The Morgan fingerprint density at radius 1 is 1.30 bits per heavy atom. The highest BCUT2D eigenvalue weighted by atomic mass is 16.5. The second kappa shape index (κ2) is 10.0. The maximum atomic E-state index is 12.2. The summed E-state index contributed by atoms with van der Waals surface area (Å²) in [7, 11) is 0. The van der Waals surface area contributed by atoms with Crippen LogP contribution < -0.4 is 0 Å². The molecule has 4 heteroatoms. The molecular weight excluding hydrogens is 376 g/mol. The van der Waals surface area contributed by atoms with Crippen molar-refractivity contribution in [2.24, 2.45) is 17.3 Å². The fraction of sp³-hybridized carbons (Fsp3) is 0.462. The smallest absolute Gasteiger partial charge is 0.310 e. The van der Waals surface area contributed by atoms with Crippen LogP contribution in [0.25, 0.3) is 0 Å². The molecule has 0 heterocycles. The minimum absolute atomic E-state index is 0.0755. The Morgan fingerprint density at radius 2 is 2.07 bits per heavy atom. The summed E-state index contributed by atoms with van der Waals surface area (Å²) in [5.41, 5.74) is 1.68. The number of carbonyl (C=O) groups is 2. The van der Waals surface area contributed by atoms with Gasteiger partial charge in [0.2, 0.25) is 0 Å². The number of hydrogen-bond acceptors (Lipinski definition) is 4. The molecule has 3 rings (SSSR count). The quantitative estimate of drug-likeness (QED) is 0.337. The summed E-state index contributed by atoms with van der Waals surface area (Å²) >= 11 is 0. The average molecular weight is 409 g/mol. The SMILES string of the molecule is C=C/C=C/CC(=O)O[C@@H]1C[C@H]2[C@H](C)[C@@H](OCc3ccccc3)CC[C@]2(C)C=C1C=O. The lowest BCUT2D eigenvalue weighted by Crippen LogP contribution is -2.48. The van der Waals surface area contributed by atoms with Crippen LogP contribution in [0.3, 0.4) is 0 Å². The van der Waals surface area contributed by atoms with Crippen LogP contribution in [0, 0.1) is 17.3 Å². The minimum Gasteiger partial charge on any atom is -0.457 e. The fourth-order valence-electron chi connectivity index (χ4n) is 4.97. The molecule has 160 valence electrons. The molecule has 0 saturated heterocycles. The molecule has 0 amide bonds. The van der Waals surface area contributed by atoms with E-state index in [1.54, 1.807) is 18.2 Å². The standard InChI is InChI=1S/C26H32O4/c1-4-5-7-12-25(28)30-24-15-22-19(2)23(29-18-20-10-8-6-9-11-20)13-14-26(22,3)16-21(24)17-27/h4-11,16-17,19,22-24H,1,12-15,18H2,2-3H3/b7-5+/t19-,22-,23-,24+,26+/m0/s1. The third kappa shape index (κ3) is 5.17. The maximum Gasteiger partial charge on any atom is 0.310 e. The van der Waals surface area contributed by atoms with Crippen molar-refractivity contribution in [3.8, 4) is 0 Å². The third-order valence-corrected chi connectivity index (χ3v) is 6.65. The van der Waals surface area contributed by atoms with Crippen LogP contribution in [0.5, 0.6) is 0 Å². The van der Waals surface area contributed by atoms with Crippen LogP contribution in [0.4, 0.5) is 0 Å². The van der Waals surface area contributed by atoms with Crippen molar-refractivity contribution in [1.82, 2.24) is 0 Å². The van der Waals surface area contributed by atoms with Gasteiger partial charge in [-0.25, -0.2) is 0 Å². The van der Waals surface area contributed by atoms with Crippen molar-refractivity contribution in [2.45, 2.75) is 58.3 Å². The molecule has 5 atom stereocenters. The third-order valence-electron chi connectivity index (χ3n) is 6.65. The van der Waals surface area contributed by atoms with Crippen LogP contribution >= 0.6 is 0 Å². The fourth-order valence-corrected chi connectivity index (χ4v) is 4.97. The summed E-state index contributed by atoms with van der Waals surface area (Å²) in [6, 6.07) is 10.2. The number of fused-ring (bicyclic) bond motifs is 1. The minimum atomic E-state index is -0.486. The van der Waals surface area contributed by atoms with Crippen LogP contribution in [0.1, 0.15) is 45.1 Å². The van der Waals surface area contributed by atoms with Gasteiger partial charge in [0.15, 0.2) is 0 Å². The van der Waals surface area contributed by atoms with Crippen LogP contribution in [-0.2, 0) is 25.7 Å². The van der Waals surface area contributed by atoms with Gasteiger partial charge in [-0.1, -0.05) is 75.1 Å². The van der Waals surface area contributed by atoms with E-state index in [0.29, 0.717) is 24.5 Å². The van der Waals surface area contributed by atoms with Gasteiger partial charge in [0.1, 0.15) is 12.4 Å². The molecule has 4 nitrogen and oxygen atoms in total. The predicted octanol–water partition coefficient (Wildman–Crippen LogP) is 5.20. The van der Waals surface area contributed by atoms with Crippen LogP contribution in [0.15, 0.2) is 66.8 Å². The first kappa shape index (κ1) is 22.2. The Hall–Kier alpha value is -2.46. The molecule has 0 bridgehead atoms. The van der Waals surface area contributed by atoms with Crippen molar-refractivity contribution in [1.29, 1.82) is 0 Å². The molecule has 0 spiro atoms. The summed E-state index contributed by atoms with van der Waals surface area (Å²) in [4.78, 5) is 23.9. The average Bonchev–Trinajstić information content (AvgIpc) is 2.74. The lowest BCUT2D eigenvalue weighted by Gasteiger charge is -2.50. The van der Waals surface area contributed by atoms with Crippen molar-refractivity contribution in [3.63, 3.8) is 0 Å². The zero-order valence-electron chi connectivity index (χ0n) is 18.0. The summed E-state index contributed by atoms with van der Waals surface area (Å²) < 4.78 is 12.0. The Bertz CT molecular complexity index is 810. The van der Waals surface area contributed by atoms with E-state index in [-0.39, 0.29) is 29.8 Å². The highest BCUT2D eigenvalue weighted by molar-refractivity contribution is 5.78. The van der Waals surface area contributed by atoms with E-state index in [9.17, 15) is 9.59 Å². The highest BCUT2D eigenvalue weighted by Gasteiger charge is 2.48. The van der Waals surface area contributed by atoms with Crippen molar-refractivity contribution in [3.05, 3.63) is 72.4 Å². The van der Waals surface area contributed by atoms with Crippen molar-refractivity contribution >= 4 is 12.3 Å². The van der Waals surface area contributed by atoms with Gasteiger partial charge >= 0.3 is 5.97 Å². The lowest BCUT2D eigenvalue weighted by atomic mass is 9.57. The summed E-state index contributed by atoms with van der Waals surface area (Å²) in [6.45, 7) is 8.64. The van der Waals surface area contributed by atoms with Crippen LogP contribution in [-0.4, -0.2) is 24.5 Å². The summed E-state index contributed by atoms with van der Waals surface area (Å²) in [5, 5.41) is 0. The first-order valence-corrected chi connectivity index (χ1v) is 10.8.